The molecule has 0 aliphatic rings. The molecule has 0 fully saturated rings. The first-order chi connectivity index (χ1) is 14.7. The lowest BCUT2D eigenvalue weighted by molar-refractivity contribution is -0.138. The summed E-state index contributed by atoms with van der Waals surface area (Å²) < 4.78 is 39.9. The van der Waals surface area contributed by atoms with E-state index in [1.165, 1.54) is 29.7 Å². The monoisotopic (exact) mass is 443 g/mol. The van der Waals surface area contributed by atoms with Crippen LogP contribution in [0.15, 0.2) is 48.7 Å². The largest absolute Gasteiger partial charge is 0.416 e. The zero-order valence-corrected chi connectivity index (χ0v) is 17.0. The van der Waals surface area contributed by atoms with Gasteiger partial charge in [0, 0.05) is 16.8 Å². The Labute approximate surface area is 179 Å². The van der Waals surface area contributed by atoms with Crippen LogP contribution in [0.1, 0.15) is 28.4 Å². The van der Waals surface area contributed by atoms with Crippen LogP contribution >= 0.6 is 11.3 Å². The van der Waals surface area contributed by atoms with Gasteiger partial charge in [0.1, 0.15) is 0 Å². The molecular formula is C21H16F3N5OS. The number of hydrogen-bond acceptors (Lipinski definition) is 6. The van der Waals surface area contributed by atoms with Crippen molar-refractivity contribution in [1.29, 1.82) is 0 Å². The lowest BCUT2D eigenvalue weighted by atomic mass is 10.0. The van der Waals surface area contributed by atoms with E-state index in [1.54, 1.807) is 31.2 Å². The maximum Gasteiger partial charge on any atom is 0.416 e. The van der Waals surface area contributed by atoms with Gasteiger partial charge in [-0.3, -0.25) is 4.79 Å². The minimum Gasteiger partial charge on any atom is -0.375 e. The number of halogens is 3. The Balaban J connectivity index is 1.61. The van der Waals surface area contributed by atoms with Gasteiger partial charge in [-0.25, -0.2) is 9.97 Å². The molecule has 0 spiro atoms. The second-order valence-electron chi connectivity index (χ2n) is 6.69. The van der Waals surface area contributed by atoms with Crippen molar-refractivity contribution < 1.29 is 18.0 Å². The average Bonchev–Trinajstić information content (AvgIpc) is 3.12. The van der Waals surface area contributed by atoms with Crippen molar-refractivity contribution >= 4 is 38.5 Å². The molecule has 0 saturated heterocycles. The van der Waals surface area contributed by atoms with E-state index in [0.717, 1.165) is 6.07 Å². The van der Waals surface area contributed by atoms with Crippen LogP contribution in [0.25, 0.3) is 21.7 Å². The van der Waals surface area contributed by atoms with Crippen LogP contribution in [0, 0.1) is 0 Å². The summed E-state index contributed by atoms with van der Waals surface area (Å²) >= 11 is 1.20. The van der Waals surface area contributed by atoms with Crippen LogP contribution in [0.4, 0.5) is 24.0 Å². The number of alkyl halides is 3. The molecule has 0 saturated carbocycles. The van der Waals surface area contributed by atoms with Gasteiger partial charge in [-0.15, -0.1) is 0 Å². The zero-order chi connectivity index (χ0) is 22.2. The molecule has 4 rings (SSSR count). The summed E-state index contributed by atoms with van der Waals surface area (Å²) in [6.45, 7) is 1.65. The number of nitrogens with two attached hydrogens (primary N) is 1. The molecule has 10 heteroatoms. The second-order valence-corrected chi connectivity index (χ2v) is 7.70. The minimum atomic E-state index is -4.50. The predicted molar refractivity (Wildman–Crippen MR) is 114 cm³/mol. The van der Waals surface area contributed by atoms with Gasteiger partial charge in [-0.2, -0.15) is 18.2 Å². The number of thiazole rings is 1. The molecule has 0 atom stereocenters. The van der Waals surface area contributed by atoms with Crippen molar-refractivity contribution in [3.8, 4) is 11.3 Å². The van der Waals surface area contributed by atoms with Gasteiger partial charge in [-0.05, 0) is 36.2 Å². The lowest BCUT2D eigenvalue weighted by Gasteiger charge is -2.14. The van der Waals surface area contributed by atoms with E-state index in [1.807, 2.05) is 0 Å². The fourth-order valence-corrected chi connectivity index (χ4v) is 3.79. The zero-order valence-electron chi connectivity index (χ0n) is 16.2. The number of nitrogen functional groups attached to an aromatic ring is 1. The number of hydrogen-bond donors (Lipinski definition) is 2. The van der Waals surface area contributed by atoms with Crippen LogP contribution in [0.5, 0.6) is 0 Å². The van der Waals surface area contributed by atoms with Crippen molar-refractivity contribution in [3.05, 3.63) is 65.4 Å². The third-order valence-corrected chi connectivity index (χ3v) is 5.38. The molecule has 2 aromatic heterocycles. The molecule has 0 aliphatic carbocycles. The number of aryl methyl sites for hydroxylation is 1. The SMILES string of the molecule is CCc1ccc(NC(=O)c2cccc(-c3cnc4nc(N)sc4n3)c2)cc1C(F)(F)F. The average molecular weight is 443 g/mol. The molecule has 4 aromatic rings. The summed E-state index contributed by atoms with van der Waals surface area (Å²) in [6, 6.07) is 10.4. The smallest absolute Gasteiger partial charge is 0.375 e. The number of carbonyl (C=O) groups is 1. The molecule has 2 heterocycles. The van der Waals surface area contributed by atoms with Gasteiger partial charge in [-0.1, -0.05) is 36.5 Å². The van der Waals surface area contributed by atoms with Crippen molar-refractivity contribution in [2.24, 2.45) is 0 Å². The molecule has 2 aromatic carbocycles. The molecule has 0 unspecified atom stereocenters. The third kappa shape index (κ3) is 4.33. The number of amides is 1. The highest BCUT2D eigenvalue weighted by Crippen LogP contribution is 2.34. The number of anilines is 2. The van der Waals surface area contributed by atoms with E-state index in [-0.39, 0.29) is 23.2 Å². The number of carbonyl (C=O) groups excluding carboxylic acids is 1. The first-order valence-corrected chi connectivity index (χ1v) is 10.1. The van der Waals surface area contributed by atoms with Crippen LogP contribution in [-0.2, 0) is 12.6 Å². The Morgan fingerprint density at radius 2 is 1.97 bits per heavy atom. The number of aromatic nitrogens is 3. The Hall–Kier alpha value is -3.53. The van der Waals surface area contributed by atoms with E-state index >= 15 is 0 Å². The molecule has 6 nitrogen and oxygen atoms in total. The topological polar surface area (TPSA) is 93.8 Å². The molecule has 0 radical (unpaired) electrons. The van der Waals surface area contributed by atoms with Crippen LogP contribution < -0.4 is 11.1 Å². The highest BCUT2D eigenvalue weighted by atomic mass is 32.1. The van der Waals surface area contributed by atoms with E-state index in [0.29, 0.717) is 26.9 Å². The molecule has 3 N–H and O–H groups in total. The van der Waals surface area contributed by atoms with Gasteiger partial charge >= 0.3 is 6.18 Å². The first-order valence-electron chi connectivity index (χ1n) is 9.25. The van der Waals surface area contributed by atoms with Crippen molar-refractivity contribution in [2.45, 2.75) is 19.5 Å². The van der Waals surface area contributed by atoms with E-state index in [9.17, 15) is 18.0 Å². The number of rotatable bonds is 4. The number of nitrogens with one attached hydrogen (secondary N) is 1. The summed E-state index contributed by atoms with van der Waals surface area (Å²) in [5.74, 6) is -0.532. The summed E-state index contributed by atoms with van der Waals surface area (Å²) in [4.78, 5) is 26.0. The van der Waals surface area contributed by atoms with Gasteiger partial charge in [0.05, 0.1) is 17.5 Å². The Morgan fingerprint density at radius 1 is 1.16 bits per heavy atom. The molecule has 31 heavy (non-hydrogen) atoms. The Bertz CT molecular complexity index is 1290. The number of benzene rings is 2. The van der Waals surface area contributed by atoms with Crippen LogP contribution in [0.3, 0.4) is 0 Å². The second kappa shape index (κ2) is 7.95. The maximum atomic E-state index is 13.3. The van der Waals surface area contributed by atoms with Gasteiger partial charge < -0.3 is 11.1 Å². The fourth-order valence-electron chi connectivity index (χ4n) is 3.13. The predicted octanol–water partition coefficient (Wildman–Crippen LogP) is 5.17. The summed E-state index contributed by atoms with van der Waals surface area (Å²) in [5, 5.41) is 2.89. The molecule has 1 amide bonds. The van der Waals surface area contributed by atoms with Crippen LogP contribution in [-0.4, -0.2) is 20.9 Å². The quantitative estimate of drug-likeness (QED) is 0.454. The fraction of sp³-hybridized carbons (Fsp3) is 0.143. The number of nitrogens with zero attached hydrogens (tertiary/aromatic N) is 3. The molecule has 158 valence electrons. The first kappa shape index (κ1) is 20.7. The third-order valence-electron chi connectivity index (χ3n) is 4.61. The Morgan fingerprint density at radius 3 is 2.71 bits per heavy atom. The van der Waals surface area contributed by atoms with Gasteiger partial charge in [0.25, 0.3) is 5.91 Å². The summed E-state index contributed by atoms with van der Waals surface area (Å²) in [6.07, 6.45) is -2.73. The summed E-state index contributed by atoms with van der Waals surface area (Å²) in [5.41, 5.74) is 7.03. The van der Waals surface area contributed by atoms with Crippen molar-refractivity contribution in [1.82, 2.24) is 15.0 Å². The Kier molecular flexibility index (Phi) is 5.32. The van der Waals surface area contributed by atoms with E-state index < -0.39 is 17.6 Å². The van der Waals surface area contributed by atoms with Gasteiger partial charge in [0.15, 0.2) is 15.6 Å². The van der Waals surface area contributed by atoms with E-state index in [4.69, 9.17) is 5.73 Å². The van der Waals surface area contributed by atoms with E-state index in [2.05, 4.69) is 20.3 Å². The summed E-state index contributed by atoms with van der Waals surface area (Å²) in [7, 11) is 0. The number of fused-ring (bicyclic) bond motifs is 1. The minimum absolute atomic E-state index is 0.0706. The molecular weight excluding hydrogens is 427 g/mol. The van der Waals surface area contributed by atoms with Crippen molar-refractivity contribution in [2.75, 3.05) is 11.1 Å². The molecule has 0 bridgehead atoms. The molecule has 0 aliphatic heterocycles. The van der Waals surface area contributed by atoms with Gasteiger partial charge in [0.2, 0.25) is 0 Å². The standard InChI is InChI=1S/C21H16F3N5OS/c1-2-11-6-7-14(9-15(11)21(22,23)24)27-18(30)13-5-3-4-12(8-13)16-10-26-17-19(28-16)31-20(25)29-17/h3-10H,2H2,1H3,(H,27,30)(H2,25,26,29). The normalized spacial score (nSPS) is 11.6. The lowest BCUT2D eigenvalue weighted by Crippen LogP contribution is -2.14. The highest BCUT2D eigenvalue weighted by Gasteiger charge is 2.33. The highest BCUT2D eigenvalue weighted by molar-refractivity contribution is 7.21. The van der Waals surface area contributed by atoms with Crippen LogP contribution in [0.2, 0.25) is 0 Å². The maximum absolute atomic E-state index is 13.3. The van der Waals surface area contributed by atoms with Crippen molar-refractivity contribution in [3.63, 3.8) is 0 Å².